The van der Waals surface area contributed by atoms with Crippen LogP contribution in [0.4, 0.5) is 0 Å². The van der Waals surface area contributed by atoms with Crippen LogP contribution >= 0.6 is 0 Å². The minimum Gasteiger partial charge on any atom is -0.481 e. The van der Waals surface area contributed by atoms with E-state index in [-0.39, 0.29) is 18.9 Å². The van der Waals surface area contributed by atoms with Crippen molar-refractivity contribution in [3.05, 3.63) is 0 Å². The van der Waals surface area contributed by atoms with E-state index in [1.807, 2.05) is 13.8 Å². The second-order valence-electron chi connectivity index (χ2n) is 3.33. The molecule has 1 atom stereocenters. The molecule has 0 radical (unpaired) electrons. The molecule has 0 heterocycles. The van der Waals surface area contributed by atoms with Crippen molar-refractivity contribution in [2.45, 2.75) is 39.2 Å². The van der Waals surface area contributed by atoms with Gasteiger partial charge in [-0.25, -0.2) is 0 Å². The number of rotatable bonds is 7. The molecule has 0 aromatic heterocycles. The molecule has 0 saturated heterocycles. The molecule has 0 spiro atoms. The van der Waals surface area contributed by atoms with Crippen LogP contribution in [0.25, 0.3) is 0 Å². The second-order valence-corrected chi connectivity index (χ2v) is 3.33. The summed E-state index contributed by atoms with van der Waals surface area (Å²) in [6, 6.07) is -0.820. The lowest BCUT2D eigenvalue weighted by Crippen LogP contribution is -2.30. The zero-order chi connectivity index (χ0) is 16.6. The Balaban J connectivity index is -0.000000304. The number of nitrogens with zero attached hydrogens (tertiary/aromatic N) is 1. The Morgan fingerprint density at radius 2 is 1.70 bits per heavy atom. The van der Waals surface area contributed by atoms with Crippen molar-refractivity contribution in [3.63, 3.8) is 0 Å². The van der Waals surface area contributed by atoms with Crippen LogP contribution in [0.1, 0.15) is 33.1 Å². The molecule has 9 nitrogen and oxygen atoms in total. The summed E-state index contributed by atoms with van der Waals surface area (Å²) in [4.78, 5) is 23.4. The van der Waals surface area contributed by atoms with E-state index >= 15 is 0 Å². The highest BCUT2D eigenvalue weighted by molar-refractivity contribution is 5.75. The fourth-order valence-corrected chi connectivity index (χ4v) is 0.766. The second kappa shape index (κ2) is 17.1. The molecule has 10 N–H and O–H groups in total. The molecule has 0 fully saturated rings. The number of aliphatic imine (C=N–C) groups is 1. The Labute approximate surface area is 119 Å². The van der Waals surface area contributed by atoms with Gasteiger partial charge in [0, 0.05) is 13.1 Å². The summed E-state index contributed by atoms with van der Waals surface area (Å²) in [5.41, 5.74) is 20.2. The van der Waals surface area contributed by atoms with Gasteiger partial charge >= 0.3 is 11.9 Å². The van der Waals surface area contributed by atoms with Crippen molar-refractivity contribution in [1.82, 2.24) is 0 Å². The normalized spacial score (nSPS) is 10.0. The smallest absolute Gasteiger partial charge is 0.320 e. The number of carbonyl (C=O) groups is 2. The summed E-state index contributed by atoms with van der Waals surface area (Å²) in [7, 11) is 0. The van der Waals surface area contributed by atoms with E-state index < -0.39 is 18.0 Å². The van der Waals surface area contributed by atoms with Crippen LogP contribution in [-0.4, -0.2) is 47.2 Å². The van der Waals surface area contributed by atoms with Crippen molar-refractivity contribution in [3.8, 4) is 0 Å². The number of guanidine groups is 1. The predicted octanol–water partition coefficient (Wildman–Crippen LogP) is -1.10. The van der Waals surface area contributed by atoms with E-state index in [1.54, 1.807) is 0 Å². The van der Waals surface area contributed by atoms with Gasteiger partial charge in [0.2, 0.25) is 0 Å². The molecule has 0 saturated carbocycles. The largest absolute Gasteiger partial charge is 0.481 e. The standard InChI is InChI=1S/C6H14N4O2.C3H7NO2.C2H6/c7-4(5(11)12)2-1-3-10-6(8)9;4-2-1-3(5)6;1-2/h4H,1-3,7H2,(H,11,12)(H4,8,9,10);1-2,4H2,(H,5,6);1-2H3/t4-;;/m0../s1. The Hall–Kier alpha value is -1.87. The summed E-state index contributed by atoms with van der Waals surface area (Å²) >= 11 is 0. The van der Waals surface area contributed by atoms with Crippen LogP contribution in [0, 0.1) is 0 Å². The lowest BCUT2D eigenvalue weighted by molar-refractivity contribution is -0.139. The summed E-state index contributed by atoms with van der Waals surface area (Å²) in [5, 5.41) is 16.2. The number of hydrogen-bond acceptors (Lipinski definition) is 5. The highest BCUT2D eigenvalue weighted by atomic mass is 16.4. The van der Waals surface area contributed by atoms with Crippen molar-refractivity contribution < 1.29 is 19.8 Å². The van der Waals surface area contributed by atoms with Gasteiger partial charge in [0.1, 0.15) is 6.04 Å². The fraction of sp³-hybridized carbons (Fsp3) is 0.727. The number of hydrogen-bond donors (Lipinski definition) is 6. The number of carboxylic acids is 2. The molecule has 0 aliphatic carbocycles. The Bertz CT molecular complexity index is 280. The minimum atomic E-state index is -1.00. The SMILES string of the molecule is CC.NC(N)=NCCC[C@H](N)C(=O)O.NCCC(=O)O. The van der Waals surface area contributed by atoms with Gasteiger partial charge in [-0.1, -0.05) is 13.8 Å². The van der Waals surface area contributed by atoms with Gasteiger partial charge in [0.05, 0.1) is 6.42 Å². The third-order valence-corrected chi connectivity index (χ3v) is 1.64. The monoisotopic (exact) mass is 293 g/mol. The predicted molar refractivity (Wildman–Crippen MR) is 78.2 cm³/mol. The summed E-state index contributed by atoms with van der Waals surface area (Å²) in [6.07, 6.45) is 1.03. The zero-order valence-electron chi connectivity index (χ0n) is 12.1. The van der Waals surface area contributed by atoms with Crippen molar-refractivity contribution in [1.29, 1.82) is 0 Å². The average molecular weight is 293 g/mol. The average Bonchev–Trinajstić information content (AvgIpc) is 2.37. The highest BCUT2D eigenvalue weighted by Crippen LogP contribution is 1.94. The quantitative estimate of drug-likeness (QED) is 0.193. The van der Waals surface area contributed by atoms with Gasteiger partial charge in [0.15, 0.2) is 5.96 Å². The van der Waals surface area contributed by atoms with Gasteiger partial charge in [0.25, 0.3) is 0 Å². The molecular formula is C11H27N5O4. The number of nitrogens with two attached hydrogens (primary N) is 4. The number of carboxylic acid groups (broad SMARTS) is 2. The summed E-state index contributed by atoms with van der Waals surface area (Å²) in [6.45, 7) is 4.65. The summed E-state index contributed by atoms with van der Waals surface area (Å²) < 4.78 is 0. The third kappa shape index (κ3) is 25.1. The molecule has 0 unspecified atom stereocenters. The first-order valence-electron chi connectivity index (χ1n) is 6.26. The maximum absolute atomic E-state index is 10.2. The van der Waals surface area contributed by atoms with Gasteiger partial charge in [-0.3, -0.25) is 14.6 Å². The molecule has 0 bridgehead atoms. The van der Waals surface area contributed by atoms with Crippen LogP contribution in [0.2, 0.25) is 0 Å². The highest BCUT2D eigenvalue weighted by Gasteiger charge is 2.09. The first-order chi connectivity index (χ1) is 9.31. The van der Waals surface area contributed by atoms with Gasteiger partial charge in [-0.2, -0.15) is 0 Å². The molecule has 0 aliphatic rings. The fourth-order valence-electron chi connectivity index (χ4n) is 0.766. The first-order valence-corrected chi connectivity index (χ1v) is 6.26. The maximum atomic E-state index is 10.2. The molecular weight excluding hydrogens is 266 g/mol. The van der Waals surface area contributed by atoms with Gasteiger partial charge in [-0.15, -0.1) is 0 Å². The number of aliphatic carboxylic acids is 2. The third-order valence-electron chi connectivity index (χ3n) is 1.64. The van der Waals surface area contributed by atoms with Crippen molar-refractivity contribution >= 4 is 17.9 Å². The molecule has 0 rings (SSSR count). The van der Waals surface area contributed by atoms with E-state index in [0.717, 1.165) is 0 Å². The van der Waals surface area contributed by atoms with Crippen molar-refractivity contribution in [2.75, 3.05) is 13.1 Å². The Morgan fingerprint density at radius 1 is 1.20 bits per heavy atom. The molecule has 20 heavy (non-hydrogen) atoms. The van der Waals surface area contributed by atoms with E-state index in [4.69, 9.17) is 33.1 Å². The molecule has 0 aliphatic heterocycles. The topological polar surface area (TPSA) is 191 Å². The Morgan fingerprint density at radius 3 is 1.95 bits per heavy atom. The maximum Gasteiger partial charge on any atom is 0.320 e. The van der Waals surface area contributed by atoms with Gasteiger partial charge < -0.3 is 33.1 Å². The van der Waals surface area contributed by atoms with Crippen LogP contribution in [-0.2, 0) is 9.59 Å². The summed E-state index contributed by atoms with van der Waals surface area (Å²) in [5.74, 6) is -1.82. The zero-order valence-corrected chi connectivity index (χ0v) is 12.1. The minimum absolute atomic E-state index is 0.0129. The van der Waals surface area contributed by atoms with E-state index in [9.17, 15) is 9.59 Å². The van der Waals surface area contributed by atoms with Crippen LogP contribution in [0.3, 0.4) is 0 Å². The molecule has 0 amide bonds. The molecule has 9 heteroatoms. The van der Waals surface area contributed by atoms with Crippen LogP contribution in [0.15, 0.2) is 4.99 Å². The van der Waals surface area contributed by atoms with Crippen LogP contribution in [0.5, 0.6) is 0 Å². The van der Waals surface area contributed by atoms with E-state index in [1.165, 1.54) is 0 Å². The molecule has 0 aromatic carbocycles. The Kier molecular flexibility index (Phi) is 19.9. The lowest BCUT2D eigenvalue weighted by Gasteiger charge is -2.03. The van der Waals surface area contributed by atoms with Gasteiger partial charge in [-0.05, 0) is 12.8 Å². The van der Waals surface area contributed by atoms with Crippen molar-refractivity contribution in [2.24, 2.45) is 27.9 Å². The van der Waals surface area contributed by atoms with Crippen LogP contribution < -0.4 is 22.9 Å². The molecule has 120 valence electrons. The molecule has 0 aromatic rings. The first kappa shape index (κ1) is 23.2. The van der Waals surface area contributed by atoms with E-state index in [0.29, 0.717) is 19.4 Å². The lowest BCUT2D eigenvalue weighted by atomic mass is 10.2. The van der Waals surface area contributed by atoms with E-state index in [2.05, 4.69) is 4.99 Å².